The molecule has 3 rings (SSSR count). The van der Waals surface area contributed by atoms with Crippen molar-refractivity contribution in [3.63, 3.8) is 0 Å². The minimum atomic E-state index is -0.792. The number of aromatic nitrogens is 3. The van der Waals surface area contributed by atoms with Gasteiger partial charge in [-0.05, 0) is 35.7 Å². The average molecular weight is 447 g/mol. The molecule has 0 saturated heterocycles. The van der Waals surface area contributed by atoms with Crippen LogP contribution in [0, 0.1) is 5.92 Å². The molecular formula is C21H20Cl2N4O3. The zero-order valence-electron chi connectivity index (χ0n) is 16.4. The molecule has 0 atom stereocenters. The van der Waals surface area contributed by atoms with Gasteiger partial charge in [0.1, 0.15) is 0 Å². The van der Waals surface area contributed by atoms with Crippen molar-refractivity contribution in [2.75, 3.05) is 6.54 Å². The van der Waals surface area contributed by atoms with Crippen LogP contribution in [-0.4, -0.2) is 26.8 Å². The van der Waals surface area contributed by atoms with E-state index < -0.39 is 17.2 Å². The molecule has 2 aromatic carbocycles. The Morgan fingerprint density at radius 3 is 2.50 bits per heavy atom. The van der Waals surface area contributed by atoms with Gasteiger partial charge in [-0.1, -0.05) is 61.3 Å². The number of halogens is 2. The first kappa shape index (κ1) is 21.8. The summed E-state index contributed by atoms with van der Waals surface area (Å²) in [6.45, 7) is 4.11. The quantitative estimate of drug-likeness (QED) is 0.629. The summed E-state index contributed by atoms with van der Waals surface area (Å²) in [6, 6.07) is 13.3. The summed E-state index contributed by atoms with van der Waals surface area (Å²) < 4.78 is 1.94. The predicted octanol–water partition coefficient (Wildman–Crippen LogP) is 3.14. The highest BCUT2D eigenvalue weighted by Crippen LogP contribution is 2.16. The van der Waals surface area contributed by atoms with E-state index in [1.807, 2.05) is 13.8 Å². The largest absolute Gasteiger partial charge is 0.352 e. The Balaban J connectivity index is 2.19. The van der Waals surface area contributed by atoms with E-state index in [1.165, 1.54) is 6.07 Å². The Bertz CT molecular complexity index is 1200. The second-order valence-electron chi connectivity index (χ2n) is 7.11. The topological polar surface area (TPSA) is 86.0 Å². The van der Waals surface area contributed by atoms with Crippen molar-refractivity contribution in [1.82, 2.24) is 19.7 Å². The summed E-state index contributed by atoms with van der Waals surface area (Å²) in [6.07, 6.45) is 0. The van der Waals surface area contributed by atoms with Gasteiger partial charge < -0.3 is 5.32 Å². The molecule has 0 spiro atoms. The van der Waals surface area contributed by atoms with E-state index in [0.717, 1.165) is 9.25 Å². The molecule has 7 nitrogen and oxygen atoms in total. The SMILES string of the molecule is CC(C)CNC(=O)c1nn(-c2cccc(Cl)c2)c(=O)n(Cc2ccccc2Cl)c1=O. The van der Waals surface area contributed by atoms with Gasteiger partial charge in [-0.25, -0.2) is 4.79 Å². The fourth-order valence-corrected chi connectivity index (χ4v) is 3.13. The Labute approximate surface area is 182 Å². The number of carbonyl (C=O) groups excluding carboxylic acids is 1. The summed E-state index contributed by atoms with van der Waals surface area (Å²) in [5, 5.41) is 7.51. The predicted molar refractivity (Wildman–Crippen MR) is 117 cm³/mol. The molecule has 9 heteroatoms. The first-order valence-corrected chi connectivity index (χ1v) is 10.0. The molecule has 0 bridgehead atoms. The summed E-state index contributed by atoms with van der Waals surface area (Å²) in [7, 11) is 0. The second-order valence-corrected chi connectivity index (χ2v) is 7.95. The lowest BCUT2D eigenvalue weighted by molar-refractivity contribution is 0.0939. The van der Waals surface area contributed by atoms with Crippen molar-refractivity contribution < 1.29 is 4.79 Å². The highest BCUT2D eigenvalue weighted by atomic mass is 35.5. The minimum absolute atomic E-state index is 0.106. The van der Waals surface area contributed by atoms with Gasteiger partial charge in [0.05, 0.1) is 12.2 Å². The number of hydrogen-bond acceptors (Lipinski definition) is 4. The molecule has 1 N–H and O–H groups in total. The monoisotopic (exact) mass is 446 g/mol. The highest BCUT2D eigenvalue weighted by molar-refractivity contribution is 6.31. The van der Waals surface area contributed by atoms with E-state index in [2.05, 4.69) is 10.4 Å². The number of hydrogen-bond donors (Lipinski definition) is 1. The molecule has 0 aliphatic heterocycles. The van der Waals surface area contributed by atoms with Crippen LogP contribution in [0.25, 0.3) is 5.69 Å². The van der Waals surface area contributed by atoms with Gasteiger partial charge in [0, 0.05) is 16.6 Å². The van der Waals surface area contributed by atoms with E-state index in [-0.39, 0.29) is 18.2 Å². The molecule has 0 aliphatic rings. The van der Waals surface area contributed by atoms with Gasteiger partial charge in [-0.3, -0.25) is 14.2 Å². The summed E-state index contributed by atoms with van der Waals surface area (Å²) in [5.41, 5.74) is -0.988. The lowest BCUT2D eigenvalue weighted by Crippen LogP contribution is -2.46. The van der Waals surface area contributed by atoms with Gasteiger partial charge in [0.2, 0.25) is 5.69 Å². The van der Waals surface area contributed by atoms with Crippen molar-refractivity contribution in [3.05, 3.63) is 90.7 Å². The van der Waals surface area contributed by atoms with Gasteiger partial charge in [0.25, 0.3) is 11.5 Å². The van der Waals surface area contributed by atoms with Crippen LogP contribution < -0.4 is 16.6 Å². The van der Waals surface area contributed by atoms with Crippen molar-refractivity contribution in [1.29, 1.82) is 0 Å². The van der Waals surface area contributed by atoms with Crippen LogP contribution in [0.5, 0.6) is 0 Å². The van der Waals surface area contributed by atoms with Crippen LogP contribution in [0.4, 0.5) is 0 Å². The second kappa shape index (κ2) is 9.28. The maximum Gasteiger partial charge on any atom is 0.352 e. The molecule has 156 valence electrons. The van der Waals surface area contributed by atoms with Crippen LogP contribution in [0.15, 0.2) is 58.1 Å². The van der Waals surface area contributed by atoms with E-state index in [0.29, 0.717) is 27.8 Å². The van der Waals surface area contributed by atoms with Gasteiger partial charge in [0.15, 0.2) is 0 Å². The standard InChI is InChI=1S/C21H20Cl2N4O3/c1-13(2)11-24-19(28)18-20(29)26(12-14-6-3-4-9-17(14)23)21(30)27(25-18)16-8-5-7-15(22)10-16/h3-10,13H,11-12H2,1-2H3,(H,24,28). The Morgan fingerprint density at radius 1 is 1.10 bits per heavy atom. The van der Waals surface area contributed by atoms with Crippen molar-refractivity contribution in [2.24, 2.45) is 5.92 Å². The van der Waals surface area contributed by atoms with E-state index in [1.54, 1.807) is 42.5 Å². The highest BCUT2D eigenvalue weighted by Gasteiger charge is 2.21. The van der Waals surface area contributed by atoms with Crippen molar-refractivity contribution in [3.8, 4) is 5.69 Å². The van der Waals surface area contributed by atoms with Crippen LogP contribution in [0.3, 0.4) is 0 Å². The first-order valence-electron chi connectivity index (χ1n) is 9.29. The third-order valence-electron chi connectivity index (χ3n) is 4.28. The van der Waals surface area contributed by atoms with Crippen LogP contribution in [-0.2, 0) is 6.54 Å². The molecule has 0 unspecified atom stereocenters. The normalized spacial score (nSPS) is 11.0. The Hall–Kier alpha value is -2.90. The molecule has 1 aromatic heterocycles. The number of nitrogens with one attached hydrogen (secondary N) is 1. The number of amides is 1. The summed E-state index contributed by atoms with van der Waals surface area (Å²) in [4.78, 5) is 38.8. The van der Waals surface area contributed by atoms with Gasteiger partial charge >= 0.3 is 5.69 Å². The summed E-state index contributed by atoms with van der Waals surface area (Å²) in [5.74, 6) is -0.476. The third-order valence-corrected chi connectivity index (χ3v) is 4.89. The smallest absolute Gasteiger partial charge is 0.350 e. The van der Waals surface area contributed by atoms with Crippen molar-refractivity contribution >= 4 is 29.1 Å². The minimum Gasteiger partial charge on any atom is -0.350 e. The summed E-state index contributed by atoms with van der Waals surface area (Å²) >= 11 is 12.3. The lowest BCUT2D eigenvalue weighted by Gasteiger charge is -2.13. The van der Waals surface area contributed by atoms with Crippen molar-refractivity contribution in [2.45, 2.75) is 20.4 Å². The molecule has 0 saturated carbocycles. The molecule has 0 aliphatic carbocycles. The van der Waals surface area contributed by atoms with E-state index in [9.17, 15) is 14.4 Å². The fraction of sp³-hybridized carbons (Fsp3) is 0.238. The zero-order chi connectivity index (χ0) is 21.8. The fourth-order valence-electron chi connectivity index (χ4n) is 2.75. The molecule has 0 fully saturated rings. The zero-order valence-corrected chi connectivity index (χ0v) is 17.9. The van der Waals surface area contributed by atoms with Crippen LogP contribution in [0.1, 0.15) is 29.9 Å². The van der Waals surface area contributed by atoms with E-state index >= 15 is 0 Å². The van der Waals surface area contributed by atoms with Gasteiger partial charge in [-0.15, -0.1) is 0 Å². The molecule has 1 heterocycles. The van der Waals surface area contributed by atoms with Gasteiger partial charge in [-0.2, -0.15) is 9.78 Å². The molecule has 30 heavy (non-hydrogen) atoms. The van der Waals surface area contributed by atoms with E-state index in [4.69, 9.17) is 23.2 Å². The first-order chi connectivity index (χ1) is 14.3. The number of nitrogens with zero attached hydrogens (tertiary/aromatic N) is 3. The Morgan fingerprint density at radius 2 is 1.83 bits per heavy atom. The maximum absolute atomic E-state index is 13.1. The van der Waals surface area contributed by atoms with Crippen LogP contribution >= 0.6 is 23.2 Å². The number of benzene rings is 2. The number of carbonyl (C=O) groups is 1. The molecule has 0 radical (unpaired) electrons. The Kier molecular flexibility index (Phi) is 6.74. The molecule has 3 aromatic rings. The number of rotatable bonds is 6. The van der Waals surface area contributed by atoms with Crippen LogP contribution in [0.2, 0.25) is 10.0 Å². The lowest BCUT2D eigenvalue weighted by atomic mass is 10.2. The third kappa shape index (κ3) is 4.80. The maximum atomic E-state index is 13.1. The molecular weight excluding hydrogens is 427 g/mol. The average Bonchev–Trinajstić information content (AvgIpc) is 2.70. The molecule has 1 amide bonds.